The first kappa shape index (κ1) is 19.5. The molecule has 0 radical (unpaired) electrons. The van der Waals surface area contributed by atoms with Gasteiger partial charge in [0.15, 0.2) is 0 Å². The fourth-order valence-corrected chi connectivity index (χ4v) is 4.76. The molecule has 1 saturated carbocycles. The standard InChI is InChI=1S/C24H27N3O2/c1-16-10-12-17(13-11-16)19-8-4-5-9-20(19)23-21(14-25)27(22(23)15-28)24(29)26-18-6-2-3-7-18/h4-5,8-13,18,21-23,28H,2-3,6-7,15H2,1H3,(H,26,29)/t21-,22+,23+/m1/s1. The van der Waals surface area contributed by atoms with Crippen LogP contribution in [-0.4, -0.2) is 40.8 Å². The van der Waals surface area contributed by atoms with Gasteiger partial charge in [-0.3, -0.25) is 0 Å². The number of nitrogens with zero attached hydrogens (tertiary/aromatic N) is 2. The van der Waals surface area contributed by atoms with E-state index in [9.17, 15) is 15.2 Å². The third kappa shape index (κ3) is 3.61. The zero-order valence-corrected chi connectivity index (χ0v) is 16.7. The van der Waals surface area contributed by atoms with Crippen LogP contribution in [0, 0.1) is 18.3 Å². The first-order valence-corrected chi connectivity index (χ1v) is 10.4. The van der Waals surface area contributed by atoms with Crippen molar-refractivity contribution in [3.05, 3.63) is 59.7 Å². The quantitative estimate of drug-likeness (QED) is 0.831. The third-order valence-electron chi connectivity index (χ3n) is 6.33. The molecule has 2 aromatic carbocycles. The molecule has 0 unspecified atom stereocenters. The number of aliphatic hydroxyl groups is 1. The van der Waals surface area contributed by atoms with Crippen LogP contribution in [-0.2, 0) is 0 Å². The number of rotatable bonds is 4. The number of carbonyl (C=O) groups excluding carboxylic acids is 1. The fraction of sp³-hybridized carbons (Fsp3) is 0.417. The number of benzene rings is 2. The van der Waals surface area contributed by atoms with Gasteiger partial charge in [-0.2, -0.15) is 5.26 Å². The van der Waals surface area contributed by atoms with E-state index in [4.69, 9.17) is 0 Å². The van der Waals surface area contributed by atoms with Crippen molar-refractivity contribution >= 4 is 6.03 Å². The lowest BCUT2D eigenvalue weighted by Gasteiger charge is -2.52. The fourth-order valence-electron chi connectivity index (χ4n) is 4.76. The number of aryl methyl sites for hydroxylation is 1. The molecule has 3 atom stereocenters. The molecule has 5 heteroatoms. The summed E-state index contributed by atoms with van der Waals surface area (Å²) in [5, 5.41) is 23.0. The highest BCUT2D eigenvalue weighted by molar-refractivity contribution is 5.79. The molecule has 29 heavy (non-hydrogen) atoms. The lowest BCUT2D eigenvalue weighted by molar-refractivity contribution is 0.0160. The second-order valence-electron chi connectivity index (χ2n) is 8.14. The number of likely N-dealkylation sites (tertiary alicyclic amines) is 1. The summed E-state index contributed by atoms with van der Waals surface area (Å²) in [7, 11) is 0. The minimum atomic E-state index is -0.583. The van der Waals surface area contributed by atoms with Crippen LogP contribution < -0.4 is 5.32 Å². The summed E-state index contributed by atoms with van der Waals surface area (Å²) < 4.78 is 0. The zero-order valence-electron chi connectivity index (χ0n) is 16.7. The van der Waals surface area contributed by atoms with E-state index in [2.05, 4.69) is 42.6 Å². The van der Waals surface area contributed by atoms with Gasteiger partial charge in [-0.25, -0.2) is 4.79 Å². The highest BCUT2D eigenvalue weighted by atomic mass is 16.3. The molecule has 1 heterocycles. The van der Waals surface area contributed by atoms with Crippen LogP contribution in [0.4, 0.5) is 4.79 Å². The number of nitrogens with one attached hydrogen (secondary N) is 1. The van der Waals surface area contributed by atoms with Crippen LogP contribution in [0.25, 0.3) is 11.1 Å². The molecule has 0 bridgehead atoms. The average Bonchev–Trinajstić information content (AvgIpc) is 3.22. The van der Waals surface area contributed by atoms with Gasteiger partial charge < -0.3 is 15.3 Å². The molecule has 0 spiro atoms. The van der Waals surface area contributed by atoms with Gasteiger partial charge in [0, 0.05) is 12.0 Å². The summed E-state index contributed by atoms with van der Waals surface area (Å²) in [5.41, 5.74) is 4.32. The molecular formula is C24H27N3O2. The molecule has 1 aliphatic carbocycles. The lowest BCUT2D eigenvalue weighted by atomic mass is 9.73. The molecule has 2 N–H and O–H groups in total. The minimum absolute atomic E-state index is 0.164. The van der Waals surface area contributed by atoms with Crippen molar-refractivity contribution in [2.24, 2.45) is 0 Å². The SMILES string of the molecule is Cc1ccc(-c2ccccc2[C@H]2[C@@H](C#N)N(C(=O)NC3CCCC3)[C@H]2CO)cc1. The van der Waals surface area contributed by atoms with Crippen molar-refractivity contribution in [3.63, 3.8) is 0 Å². The zero-order chi connectivity index (χ0) is 20.4. The molecule has 0 aromatic heterocycles. The van der Waals surface area contributed by atoms with Gasteiger partial charge in [-0.1, -0.05) is 66.9 Å². The monoisotopic (exact) mass is 389 g/mol. The van der Waals surface area contributed by atoms with E-state index in [1.54, 1.807) is 0 Å². The van der Waals surface area contributed by atoms with Crippen LogP contribution in [0.15, 0.2) is 48.5 Å². The number of aliphatic hydroxyl groups excluding tert-OH is 1. The van der Waals surface area contributed by atoms with Crippen molar-refractivity contribution < 1.29 is 9.90 Å². The molecular weight excluding hydrogens is 362 g/mol. The van der Waals surface area contributed by atoms with Crippen molar-refractivity contribution in [2.45, 2.75) is 56.7 Å². The Bertz CT molecular complexity index is 912. The number of amides is 2. The number of urea groups is 1. The largest absolute Gasteiger partial charge is 0.394 e. The van der Waals surface area contributed by atoms with Crippen LogP contribution in [0.1, 0.15) is 42.7 Å². The Kier molecular flexibility index (Phi) is 5.55. The Morgan fingerprint density at radius 3 is 2.52 bits per heavy atom. The molecule has 1 saturated heterocycles. The third-order valence-corrected chi connectivity index (χ3v) is 6.33. The van der Waals surface area contributed by atoms with Gasteiger partial charge in [-0.15, -0.1) is 0 Å². The highest BCUT2D eigenvalue weighted by Gasteiger charge is 2.52. The van der Waals surface area contributed by atoms with Crippen molar-refractivity contribution in [3.8, 4) is 17.2 Å². The number of hydrogen-bond donors (Lipinski definition) is 2. The van der Waals surface area contributed by atoms with E-state index in [0.717, 1.165) is 42.4 Å². The lowest BCUT2D eigenvalue weighted by Crippen LogP contribution is -2.67. The number of nitriles is 1. The van der Waals surface area contributed by atoms with Crippen LogP contribution >= 0.6 is 0 Å². The molecule has 4 rings (SSSR count). The van der Waals surface area contributed by atoms with Crippen molar-refractivity contribution in [1.82, 2.24) is 10.2 Å². The summed E-state index contributed by atoms with van der Waals surface area (Å²) in [6, 6.07) is 17.6. The van der Waals surface area contributed by atoms with E-state index in [1.165, 1.54) is 10.5 Å². The Morgan fingerprint density at radius 2 is 1.86 bits per heavy atom. The highest BCUT2D eigenvalue weighted by Crippen LogP contribution is 2.44. The van der Waals surface area contributed by atoms with Crippen LogP contribution in [0.5, 0.6) is 0 Å². The van der Waals surface area contributed by atoms with Gasteiger partial charge in [0.1, 0.15) is 6.04 Å². The van der Waals surface area contributed by atoms with Crippen molar-refractivity contribution in [2.75, 3.05) is 6.61 Å². The molecule has 150 valence electrons. The topological polar surface area (TPSA) is 76.4 Å². The van der Waals surface area contributed by atoms with E-state index in [-0.39, 0.29) is 24.6 Å². The summed E-state index contributed by atoms with van der Waals surface area (Å²) in [6.07, 6.45) is 4.23. The number of hydrogen-bond acceptors (Lipinski definition) is 3. The first-order valence-electron chi connectivity index (χ1n) is 10.4. The molecule has 2 fully saturated rings. The van der Waals surface area contributed by atoms with Gasteiger partial charge in [-0.05, 0) is 36.5 Å². The predicted octanol–water partition coefficient (Wildman–Crippen LogP) is 3.97. The first-order chi connectivity index (χ1) is 14.1. The van der Waals surface area contributed by atoms with Gasteiger partial charge in [0.05, 0.1) is 18.7 Å². The van der Waals surface area contributed by atoms with E-state index in [0.29, 0.717) is 0 Å². The van der Waals surface area contributed by atoms with Crippen molar-refractivity contribution in [1.29, 1.82) is 5.26 Å². The average molecular weight is 389 g/mol. The maximum Gasteiger partial charge on any atom is 0.319 e. The van der Waals surface area contributed by atoms with E-state index >= 15 is 0 Å². The van der Waals surface area contributed by atoms with Gasteiger partial charge in [0.2, 0.25) is 0 Å². The summed E-state index contributed by atoms with van der Waals surface area (Å²) in [4.78, 5) is 14.4. The minimum Gasteiger partial charge on any atom is -0.394 e. The maximum absolute atomic E-state index is 12.8. The predicted molar refractivity (Wildman–Crippen MR) is 112 cm³/mol. The Balaban J connectivity index is 1.62. The molecule has 2 amide bonds. The summed E-state index contributed by atoms with van der Waals surface area (Å²) >= 11 is 0. The summed E-state index contributed by atoms with van der Waals surface area (Å²) in [5.74, 6) is -0.211. The van der Waals surface area contributed by atoms with E-state index < -0.39 is 12.1 Å². The smallest absolute Gasteiger partial charge is 0.319 e. The van der Waals surface area contributed by atoms with Gasteiger partial charge in [0.25, 0.3) is 0 Å². The Labute approximate surface area is 172 Å². The molecule has 2 aliphatic rings. The second kappa shape index (κ2) is 8.26. The molecule has 5 nitrogen and oxygen atoms in total. The molecule has 2 aromatic rings. The molecule has 1 aliphatic heterocycles. The van der Waals surface area contributed by atoms with Crippen LogP contribution in [0.2, 0.25) is 0 Å². The Hall–Kier alpha value is -2.84. The second-order valence-corrected chi connectivity index (χ2v) is 8.14. The normalized spacial score (nSPS) is 24.0. The van der Waals surface area contributed by atoms with Crippen LogP contribution in [0.3, 0.4) is 0 Å². The van der Waals surface area contributed by atoms with Gasteiger partial charge >= 0.3 is 6.03 Å². The Morgan fingerprint density at radius 1 is 1.17 bits per heavy atom. The maximum atomic E-state index is 12.8. The van der Waals surface area contributed by atoms with E-state index in [1.807, 2.05) is 24.3 Å². The summed E-state index contributed by atoms with van der Waals surface area (Å²) in [6.45, 7) is 1.89. The number of carbonyl (C=O) groups is 1.